The van der Waals surface area contributed by atoms with Crippen LogP contribution in [0.25, 0.3) is 11.5 Å². The monoisotopic (exact) mass is 663 g/mol. The summed E-state index contributed by atoms with van der Waals surface area (Å²) in [5.74, 6) is 1.12. The molecule has 48 heavy (non-hydrogen) atoms. The molecule has 2 aromatic heterocycles. The van der Waals surface area contributed by atoms with Gasteiger partial charge in [-0.3, -0.25) is 14.7 Å². The van der Waals surface area contributed by atoms with E-state index in [9.17, 15) is 9.59 Å². The number of aromatic nitrogens is 3. The van der Waals surface area contributed by atoms with Gasteiger partial charge in [0.2, 0.25) is 0 Å². The molecule has 0 radical (unpaired) electrons. The number of carbonyl (C=O) groups excluding carboxylic acids is 2. The molecule has 0 atom stereocenters. The summed E-state index contributed by atoms with van der Waals surface area (Å²) in [4.78, 5) is 43.8. The molecule has 1 aromatic carbocycles. The van der Waals surface area contributed by atoms with Crippen LogP contribution in [0.3, 0.4) is 0 Å². The molecule has 3 heterocycles. The highest BCUT2D eigenvalue weighted by atomic mass is 16.6. The second-order valence-electron chi connectivity index (χ2n) is 12.3. The maximum Gasteiger partial charge on any atom is 0.416 e. The van der Waals surface area contributed by atoms with Gasteiger partial charge in [-0.15, -0.1) is 0 Å². The van der Waals surface area contributed by atoms with Crippen LogP contribution in [0.2, 0.25) is 0 Å². The minimum Gasteiger partial charge on any atom is -0.466 e. The van der Waals surface area contributed by atoms with Gasteiger partial charge in [0.05, 0.1) is 46.1 Å². The minimum absolute atomic E-state index is 0.119. The van der Waals surface area contributed by atoms with E-state index in [2.05, 4.69) is 34.1 Å². The Labute approximate surface area is 283 Å². The predicted octanol–water partition coefficient (Wildman–Crippen LogP) is 5.28. The highest BCUT2D eigenvalue weighted by molar-refractivity contribution is 5.87. The lowest BCUT2D eigenvalue weighted by Crippen LogP contribution is -2.39. The first kappa shape index (κ1) is 36.7. The van der Waals surface area contributed by atoms with Crippen molar-refractivity contribution in [3.05, 3.63) is 65.9 Å². The highest BCUT2D eigenvalue weighted by Crippen LogP contribution is 2.27. The van der Waals surface area contributed by atoms with Crippen molar-refractivity contribution in [2.45, 2.75) is 59.0 Å². The van der Waals surface area contributed by atoms with Crippen molar-refractivity contribution in [2.75, 3.05) is 75.7 Å². The summed E-state index contributed by atoms with van der Waals surface area (Å²) < 4.78 is 27.3. The minimum atomic E-state index is -0.730. The van der Waals surface area contributed by atoms with E-state index in [0.717, 1.165) is 25.9 Å². The number of ether oxygens (including phenoxy) is 5. The van der Waals surface area contributed by atoms with E-state index < -0.39 is 11.7 Å². The van der Waals surface area contributed by atoms with Gasteiger partial charge in [-0.25, -0.2) is 14.8 Å². The van der Waals surface area contributed by atoms with Gasteiger partial charge in [0, 0.05) is 38.5 Å². The number of fused-ring (bicyclic) bond motifs is 1. The number of rotatable bonds is 17. The SMILES string of the molecule is CCOCCOCCOCCC(=O)OCCCN(C(=O)OC(C)(C)C)c1cc(N2CCc3ccccc3CC2)nc(-c2ccccn2)n1. The zero-order valence-electron chi connectivity index (χ0n) is 28.7. The molecule has 12 nitrogen and oxygen atoms in total. The van der Waals surface area contributed by atoms with Gasteiger partial charge in [-0.1, -0.05) is 30.3 Å². The third-order valence-corrected chi connectivity index (χ3v) is 7.42. The Morgan fingerprint density at radius 3 is 2.17 bits per heavy atom. The fraction of sp³-hybridized carbons (Fsp3) is 0.528. The van der Waals surface area contributed by atoms with E-state index in [1.165, 1.54) is 16.0 Å². The zero-order chi connectivity index (χ0) is 34.2. The van der Waals surface area contributed by atoms with Crippen molar-refractivity contribution < 1.29 is 33.3 Å². The quantitative estimate of drug-likeness (QED) is 0.138. The first-order chi connectivity index (χ1) is 23.2. The van der Waals surface area contributed by atoms with Gasteiger partial charge in [0.15, 0.2) is 5.82 Å². The number of hydrogen-bond donors (Lipinski definition) is 0. The Morgan fingerprint density at radius 1 is 0.854 bits per heavy atom. The predicted molar refractivity (Wildman–Crippen MR) is 183 cm³/mol. The van der Waals surface area contributed by atoms with Crippen LogP contribution in [0, 0.1) is 0 Å². The summed E-state index contributed by atoms with van der Waals surface area (Å²) in [5, 5.41) is 0. The number of carbonyl (C=O) groups is 2. The standard InChI is InChI=1S/C36H49N5O7/c1-5-44-23-24-46-26-25-45-22-16-33(42)47-21-10-18-41(35(43)48-36(2,3)4)32-27-31(38-34(39-32)30-13-8-9-17-37-30)40-19-14-28-11-6-7-12-29(28)15-20-40/h6-9,11-13,17,27H,5,10,14-16,18-26H2,1-4H3. The average Bonchev–Trinajstić information content (AvgIpc) is 3.30. The van der Waals surface area contributed by atoms with Gasteiger partial charge in [-0.05, 0) is 70.2 Å². The molecule has 0 saturated carbocycles. The lowest BCUT2D eigenvalue weighted by atomic mass is 10.0. The Bertz CT molecular complexity index is 1410. The first-order valence-corrected chi connectivity index (χ1v) is 16.7. The van der Waals surface area contributed by atoms with E-state index in [1.54, 1.807) is 6.20 Å². The van der Waals surface area contributed by atoms with Crippen LogP contribution in [-0.4, -0.2) is 98.5 Å². The van der Waals surface area contributed by atoms with Gasteiger partial charge in [0.1, 0.15) is 22.9 Å². The highest BCUT2D eigenvalue weighted by Gasteiger charge is 2.27. The Morgan fingerprint density at radius 2 is 1.52 bits per heavy atom. The molecule has 0 fully saturated rings. The molecular formula is C36H49N5O7. The molecule has 1 aliphatic heterocycles. The average molecular weight is 664 g/mol. The molecule has 4 rings (SSSR count). The van der Waals surface area contributed by atoms with Crippen molar-refractivity contribution in [1.29, 1.82) is 0 Å². The molecule has 0 saturated heterocycles. The fourth-order valence-corrected chi connectivity index (χ4v) is 5.07. The summed E-state index contributed by atoms with van der Waals surface area (Å²) in [5.41, 5.74) is 2.53. The van der Waals surface area contributed by atoms with Crippen LogP contribution in [0.1, 0.15) is 51.7 Å². The van der Waals surface area contributed by atoms with Crippen molar-refractivity contribution >= 4 is 23.7 Å². The van der Waals surface area contributed by atoms with Crippen molar-refractivity contribution in [2.24, 2.45) is 0 Å². The van der Waals surface area contributed by atoms with Gasteiger partial charge in [-0.2, -0.15) is 0 Å². The Kier molecular flexibility index (Phi) is 14.5. The van der Waals surface area contributed by atoms with E-state index in [0.29, 0.717) is 62.6 Å². The molecule has 260 valence electrons. The number of pyridine rings is 1. The van der Waals surface area contributed by atoms with Crippen LogP contribution in [-0.2, 0) is 41.3 Å². The van der Waals surface area contributed by atoms with Crippen LogP contribution >= 0.6 is 0 Å². The number of benzene rings is 1. The van der Waals surface area contributed by atoms with Crippen molar-refractivity contribution in [1.82, 2.24) is 15.0 Å². The lowest BCUT2D eigenvalue weighted by molar-refractivity contribution is -0.145. The zero-order valence-corrected chi connectivity index (χ0v) is 28.7. The number of hydrogen-bond acceptors (Lipinski definition) is 11. The maximum atomic E-state index is 13.6. The lowest BCUT2D eigenvalue weighted by Gasteiger charge is -2.28. The van der Waals surface area contributed by atoms with Crippen molar-refractivity contribution in [3.8, 4) is 11.5 Å². The van der Waals surface area contributed by atoms with Crippen LogP contribution < -0.4 is 9.80 Å². The molecule has 0 aliphatic carbocycles. The topological polar surface area (TPSA) is 125 Å². The number of anilines is 2. The number of esters is 1. The summed E-state index contributed by atoms with van der Waals surface area (Å²) in [6.45, 7) is 12.0. The molecule has 0 N–H and O–H groups in total. The maximum absolute atomic E-state index is 13.6. The molecule has 12 heteroatoms. The van der Waals surface area contributed by atoms with E-state index >= 15 is 0 Å². The largest absolute Gasteiger partial charge is 0.466 e. The van der Waals surface area contributed by atoms with E-state index in [1.807, 2.05) is 52.0 Å². The smallest absolute Gasteiger partial charge is 0.416 e. The van der Waals surface area contributed by atoms with Crippen LogP contribution in [0.15, 0.2) is 54.7 Å². The molecule has 1 amide bonds. The molecule has 0 spiro atoms. The molecule has 1 aliphatic rings. The normalized spacial score (nSPS) is 13.0. The summed E-state index contributed by atoms with van der Waals surface area (Å²) in [6, 6.07) is 15.9. The third kappa shape index (κ3) is 12.1. The fourth-order valence-electron chi connectivity index (χ4n) is 5.07. The Hall–Kier alpha value is -4.13. The second-order valence-corrected chi connectivity index (χ2v) is 12.3. The molecule has 0 bridgehead atoms. The van der Waals surface area contributed by atoms with Crippen molar-refractivity contribution in [3.63, 3.8) is 0 Å². The molecule has 0 unspecified atom stereocenters. The van der Waals surface area contributed by atoms with Gasteiger partial charge in [0.25, 0.3) is 0 Å². The summed E-state index contributed by atoms with van der Waals surface area (Å²) >= 11 is 0. The first-order valence-electron chi connectivity index (χ1n) is 16.7. The molecule has 3 aromatic rings. The second kappa shape index (κ2) is 19.0. The number of nitrogens with zero attached hydrogens (tertiary/aromatic N) is 5. The summed E-state index contributed by atoms with van der Waals surface area (Å²) in [6.07, 6.45) is 3.39. The van der Waals surface area contributed by atoms with E-state index in [-0.39, 0.29) is 32.1 Å². The molecular weight excluding hydrogens is 614 g/mol. The summed E-state index contributed by atoms with van der Waals surface area (Å²) in [7, 11) is 0. The number of amides is 1. The van der Waals surface area contributed by atoms with Crippen LogP contribution in [0.4, 0.5) is 16.4 Å². The van der Waals surface area contributed by atoms with E-state index in [4.69, 9.17) is 33.7 Å². The van der Waals surface area contributed by atoms with Crippen LogP contribution in [0.5, 0.6) is 0 Å². The third-order valence-electron chi connectivity index (χ3n) is 7.42. The van der Waals surface area contributed by atoms with Gasteiger partial charge >= 0.3 is 12.1 Å². The Balaban J connectivity index is 1.42. The van der Waals surface area contributed by atoms with Gasteiger partial charge < -0.3 is 28.6 Å².